The molecule has 1 aromatic carbocycles. The molecule has 2 aliphatic carbocycles. The summed E-state index contributed by atoms with van der Waals surface area (Å²) in [5.74, 6) is 1.06. The summed E-state index contributed by atoms with van der Waals surface area (Å²) in [5, 5.41) is 4.00. The number of halogens is 1. The van der Waals surface area contributed by atoms with Crippen molar-refractivity contribution in [2.24, 2.45) is 17.6 Å². The maximum Gasteiger partial charge on any atom is 0.220 e. The minimum absolute atomic E-state index is 0.121. The van der Waals surface area contributed by atoms with Crippen LogP contribution in [0.15, 0.2) is 24.3 Å². The van der Waals surface area contributed by atoms with E-state index in [-0.39, 0.29) is 18.0 Å². The third-order valence-corrected chi connectivity index (χ3v) is 5.58. The van der Waals surface area contributed by atoms with Crippen molar-refractivity contribution in [1.29, 1.82) is 0 Å². The second-order valence-electron chi connectivity index (χ2n) is 6.85. The van der Waals surface area contributed by atoms with Crippen molar-refractivity contribution in [3.63, 3.8) is 0 Å². The Bertz CT molecular complexity index is 512. The number of hydrogen-bond acceptors (Lipinski definition) is 2. The highest BCUT2D eigenvalue weighted by molar-refractivity contribution is 6.30. The monoisotopic (exact) mass is 320 g/mol. The summed E-state index contributed by atoms with van der Waals surface area (Å²) in [6.07, 6.45) is 7.51. The minimum Gasteiger partial charge on any atom is -0.349 e. The normalized spacial score (nSPS) is 26.5. The molecule has 2 saturated carbocycles. The summed E-state index contributed by atoms with van der Waals surface area (Å²) in [6, 6.07) is 8.20. The van der Waals surface area contributed by atoms with E-state index in [0.29, 0.717) is 18.3 Å². The van der Waals surface area contributed by atoms with Gasteiger partial charge in [-0.1, -0.05) is 36.6 Å². The first-order valence-electron chi connectivity index (χ1n) is 8.44. The molecule has 120 valence electrons. The summed E-state index contributed by atoms with van der Waals surface area (Å²) < 4.78 is 0. The average molecular weight is 321 g/mol. The molecule has 0 aromatic heterocycles. The highest BCUT2D eigenvalue weighted by Crippen LogP contribution is 2.38. The molecule has 2 fully saturated rings. The lowest BCUT2D eigenvalue weighted by Crippen LogP contribution is -2.38. The first-order chi connectivity index (χ1) is 10.6. The molecule has 2 aliphatic rings. The number of carbonyl (C=O) groups is 1. The molecule has 1 amide bonds. The zero-order valence-electron chi connectivity index (χ0n) is 12.9. The van der Waals surface area contributed by atoms with E-state index in [1.165, 1.54) is 19.3 Å². The Morgan fingerprint density at radius 1 is 1.18 bits per heavy atom. The molecular weight excluding hydrogens is 296 g/mol. The van der Waals surface area contributed by atoms with Crippen molar-refractivity contribution in [1.82, 2.24) is 5.32 Å². The molecular formula is C18H25ClN2O. The summed E-state index contributed by atoms with van der Waals surface area (Å²) in [6.45, 7) is 0. The molecule has 1 unspecified atom stereocenters. The van der Waals surface area contributed by atoms with Crippen LogP contribution in [0, 0.1) is 11.8 Å². The Morgan fingerprint density at radius 2 is 1.86 bits per heavy atom. The van der Waals surface area contributed by atoms with Crippen molar-refractivity contribution in [3.05, 3.63) is 34.9 Å². The molecule has 0 aliphatic heterocycles. The SMILES string of the molecule is N[C@@H]1CCC[C@H]1CC(=O)NC(c1ccc(Cl)cc1)C1CCC1. The number of rotatable bonds is 5. The van der Waals surface area contributed by atoms with Gasteiger partial charge in [0.25, 0.3) is 0 Å². The van der Waals surface area contributed by atoms with E-state index in [2.05, 4.69) is 5.32 Å². The van der Waals surface area contributed by atoms with Gasteiger partial charge in [-0.25, -0.2) is 0 Å². The molecule has 3 nitrogen and oxygen atoms in total. The molecule has 0 bridgehead atoms. The van der Waals surface area contributed by atoms with Crippen LogP contribution in [0.3, 0.4) is 0 Å². The van der Waals surface area contributed by atoms with E-state index in [1.54, 1.807) is 0 Å². The van der Waals surface area contributed by atoms with Gasteiger partial charge in [-0.15, -0.1) is 0 Å². The van der Waals surface area contributed by atoms with Gasteiger partial charge in [0.15, 0.2) is 0 Å². The van der Waals surface area contributed by atoms with Gasteiger partial charge in [0.2, 0.25) is 5.91 Å². The molecule has 3 N–H and O–H groups in total. The number of hydrogen-bond donors (Lipinski definition) is 2. The first kappa shape index (κ1) is 15.8. The number of carbonyl (C=O) groups excluding carboxylic acids is 1. The Hall–Kier alpha value is -1.06. The Morgan fingerprint density at radius 3 is 2.41 bits per heavy atom. The summed E-state index contributed by atoms with van der Waals surface area (Å²) in [7, 11) is 0. The Balaban J connectivity index is 1.64. The van der Waals surface area contributed by atoms with E-state index in [0.717, 1.165) is 29.8 Å². The van der Waals surface area contributed by atoms with Crippen LogP contribution >= 0.6 is 11.6 Å². The zero-order valence-corrected chi connectivity index (χ0v) is 13.7. The average Bonchev–Trinajstić information content (AvgIpc) is 2.82. The van der Waals surface area contributed by atoms with Gasteiger partial charge in [-0.3, -0.25) is 4.79 Å². The lowest BCUT2D eigenvalue weighted by atomic mass is 9.77. The summed E-state index contributed by atoms with van der Waals surface area (Å²) in [4.78, 5) is 12.4. The van der Waals surface area contributed by atoms with Crippen LogP contribution in [0.5, 0.6) is 0 Å². The quantitative estimate of drug-likeness (QED) is 0.866. The van der Waals surface area contributed by atoms with Gasteiger partial charge in [0.05, 0.1) is 6.04 Å². The van der Waals surface area contributed by atoms with Crippen molar-refractivity contribution in [3.8, 4) is 0 Å². The van der Waals surface area contributed by atoms with E-state index in [4.69, 9.17) is 17.3 Å². The lowest BCUT2D eigenvalue weighted by Gasteiger charge is -2.35. The number of nitrogens with two attached hydrogens (primary N) is 1. The molecule has 4 heteroatoms. The highest BCUT2D eigenvalue weighted by atomic mass is 35.5. The van der Waals surface area contributed by atoms with Crippen LogP contribution in [0.1, 0.15) is 56.6 Å². The molecule has 0 radical (unpaired) electrons. The zero-order chi connectivity index (χ0) is 15.5. The van der Waals surface area contributed by atoms with Crippen LogP contribution < -0.4 is 11.1 Å². The van der Waals surface area contributed by atoms with Gasteiger partial charge >= 0.3 is 0 Å². The molecule has 1 aromatic rings. The first-order valence-corrected chi connectivity index (χ1v) is 8.81. The maximum atomic E-state index is 12.4. The van der Waals surface area contributed by atoms with E-state index in [9.17, 15) is 4.79 Å². The molecule has 3 atom stereocenters. The fourth-order valence-electron chi connectivity index (χ4n) is 3.71. The molecule has 0 spiro atoms. The van der Waals surface area contributed by atoms with Crippen molar-refractivity contribution in [2.75, 3.05) is 0 Å². The van der Waals surface area contributed by atoms with Gasteiger partial charge < -0.3 is 11.1 Å². The van der Waals surface area contributed by atoms with Crippen molar-refractivity contribution < 1.29 is 4.79 Å². The second-order valence-corrected chi connectivity index (χ2v) is 7.28. The third kappa shape index (κ3) is 3.64. The van der Waals surface area contributed by atoms with Gasteiger partial charge in [-0.2, -0.15) is 0 Å². The Kier molecular flexibility index (Phi) is 5.04. The van der Waals surface area contributed by atoms with Crippen LogP contribution in [0.2, 0.25) is 5.02 Å². The smallest absolute Gasteiger partial charge is 0.220 e. The van der Waals surface area contributed by atoms with Crippen LogP contribution in [0.4, 0.5) is 0 Å². The maximum absolute atomic E-state index is 12.4. The van der Waals surface area contributed by atoms with Gasteiger partial charge in [0, 0.05) is 17.5 Å². The summed E-state index contributed by atoms with van der Waals surface area (Å²) >= 11 is 5.98. The van der Waals surface area contributed by atoms with E-state index in [1.807, 2.05) is 24.3 Å². The van der Waals surface area contributed by atoms with Gasteiger partial charge in [0.1, 0.15) is 0 Å². The molecule has 0 heterocycles. The second kappa shape index (κ2) is 7.01. The Labute approximate surface area is 137 Å². The standard InChI is InChI=1S/C18H25ClN2O/c19-15-9-7-13(8-10-15)18(12-3-1-4-12)21-17(22)11-14-5-2-6-16(14)20/h7-10,12,14,16,18H,1-6,11,20H2,(H,21,22)/t14-,16+,18?/m0/s1. The topological polar surface area (TPSA) is 55.1 Å². The predicted molar refractivity (Wildman–Crippen MR) is 89.6 cm³/mol. The summed E-state index contributed by atoms with van der Waals surface area (Å²) in [5.41, 5.74) is 7.25. The molecule has 3 rings (SSSR count). The van der Waals surface area contributed by atoms with Gasteiger partial charge in [-0.05, 0) is 55.2 Å². The van der Waals surface area contributed by atoms with Crippen molar-refractivity contribution >= 4 is 17.5 Å². The van der Waals surface area contributed by atoms with Crippen LogP contribution in [-0.4, -0.2) is 11.9 Å². The number of amides is 1. The van der Waals surface area contributed by atoms with Crippen LogP contribution in [-0.2, 0) is 4.79 Å². The van der Waals surface area contributed by atoms with Crippen LogP contribution in [0.25, 0.3) is 0 Å². The minimum atomic E-state index is 0.121. The highest BCUT2D eigenvalue weighted by Gasteiger charge is 2.31. The largest absolute Gasteiger partial charge is 0.349 e. The lowest BCUT2D eigenvalue weighted by molar-refractivity contribution is -0.123. The molecule has 0 saturated heterocycles. The number of nitrogens with one attached hydrogen (secondary N) is 1. The number of benzene rings is 1. The van der Waals surface area contributed by atoms with E-state index < -0.39 is 0 Å². The van der Waals surface area contributed by atoms with Crippen molar-refractivity contribution in [2.45, 2.75) is 57.0 Å². The fraction of sp³-hybridized carbons (Fsp3) is 0.611. The van der Waals surface area contributed by atoms with E-state index >= 15 is 0 Å². The fourth-order valence-corrected chi connectivity index (χ4v) is 3.83. The molecule has 22 heavy (non-hydrogen) atoms. The predicted octanol–water partition coefficient (Wildman–Crippen LogP) is 3.81. The third-order valence-electron chi connectivity index (χ3n) is 5.33.